The molecule has 217 valence electrons. The lowest BCUT2D eigenvalue weighted by Gasteiger charge is -2.21. The van der Waals surface area contributed by atoms with Crippen molar-refractivity contribution in [3.05, 3.63) is 48.6 Å². The van der Waals surface area contributed by atoms with Gasteiger partial charge in [-0.3, -0.25) is 4.79 Å². The van der Waals surface area contributed by atoms with Crippen LogP contribution in [0.15, 0.2) is 30.5 Å². The van der Waals surface area contributed by atoms with Crippen LogP contribution in [0.2, 0.25) is 0 Å². The number of urea groups is 1. The highest BCUT2D eigenvalue weighted by Crippen LogP contribution is 2.22. The van der Waals surface area contributed by atoms with E-state index in [0.29, 0.717) is 24.3 Å². The van der Waals surface area contributed by atoms with E-state index in [0.717, 1.165) is 68.6 Å². The zero-order valence-corrected chi connectivity index (χ0v) is 25.3. The second-order valence-corrected chi connectivity index (χ2v) is 10.9. The average molecular weight is 607 g/mol. The molecule has 0 spiro atoms. The lowest BCUT2D eigenvalue weighted by molar-refractivity contribution is -0.127. The van der Waals surface area contributed by atoms with Gasteiger partial charge in [0.05, 0.1) is 29.3 Å². The highest BCUT2D eigenvalue weighted by atomic mass is 79.9. The van der Waals surface area contributed by atoms with Crippen LogP contribution in [0.3, 0.4) is 0 Å². The summed E-state index contributed by atoms with van der Waals surface area (Å²) in [6, 6.07) is 7.64. The number of anilines is 1. The molecule has 0 aliphatic rings. The Morgan fingerprint density at radius 1 is 1.10 bits per heavy atom. The van der Waals surface area contributed by atoms with Crippen molar-refractivity contribution in [1.29, 1.82) is 0 Å². The summed E-state index contributed by atoms with van der Waals surface area (Å²) in [6.45, 7) is 11.2. The molecule has 10 nitrogen and oxygen atoms in total. The number of nitrogens with one attached hydrogen (secondary N) is 3. The Morgan fingerprint density at radius 3 is 2.49 bits per heavy atom. The minimum Gasteiger partial charge on any atom is -0.383 e. The molecule has 1 aromatic heterocycles. The monoisotopic (exact) mass is 605 g/mol. The second kappa shape index (κ2) is 17.8. The number of rotatable bonds is 19. The van der Waals surface area contributed by atoms with Gasteiger partial charge < -0.3 is 26.6 Å². The first kappa shape index (κ1) is 32.6. The van der Waals surface area contributed by atoms with E-state index >= 15 is 0 Å². The van der Waals surface area contributed by atoms with Crippen molar-refractivity contribution in [2.24, 2.45) is 11.7 Å². The summed E-state index contributed by atoms with van der Waals surface area (Å²) in [5.74, 6) is 0.481. The van der Waals surface area contributed by atoms with Gasteiger partial charge in [0.1, 0.15) is 0 Å². The molecule has 1 radical (unpaired) electrons. The number of nitrogens with zero attached hydrogens (tertiary/aromatic N) is 4. The van der Waals surface area contributed by atoms with E-state index < -0.39 is 6.03 Å². The van der Waals surface area contributed by atoms with Crippen LogP contribution in [0.4, 0.5) is 10.5 Å². The smallest absolute Gasteiger partial charge is 0.312 e. The largest absolute Gasteiger partial charge is 0.383 e. The predicted molar refractivity (Wildman–Crippen MR) is 161 cm³/mol. The Bertz CT molecular complexity index is 982. The Morgan fingerprint density at radius 2 is 1.82 bits per heavy atom. The summed E-state index contributed by atoms with van der Waals surface area (Å²) in [6.07, 6.45) is 7.92. The van der Waals surface area contributed by atoms with Crippen molar-refractivity contribution in [2.45, 2.75) is 64.5 Å². The topological polar surface area (TPSA) is 130 Å². The fraction of sp³-hybridized carbons (Fsp3) is 0.607. The molecule has 1 aromatic carbocycles. The Balaban J connectivity index is 1.91. The van der Waals surface area contributed by atoms with Crippen molar-refractivity contribution in [3.63, 3.8) is 0 Å². The Labute approximate surface area is 242 Å². The van der Waals surface area contributed by atoms with E-state index in [1.165, 1.54) is 0 Å². The minimum atomic E-state index is -0.510. The van der Waals surface area contributed by atoms with Gasteiger partial charge >= 0.3 is 6.03 Å². The van der Waals surface area contributed by atoms with Gasteiger partial charge in [-0.15, -0.1) is 5.10 Å². The highest BCUT2D eigenvalue weighted by Gasteiger charge is 2.21. The van der Waals surface area contributed by atoms with E-state index in [-0.39, 0.29) is 18.0 Å². The first-order valence-electron chi connectivity index (χ1n) is 13.9. The average Bonchev–Trinajstić information content (AvgIpc) is 3.39. The van der Waals surface area contributed by atoms with E-state index in [4.69, 9.17) is 5.73 Å². The normalized spacial score (nSPS) is 12.8. The molecule has 1 heterocycles. The molecule has 2 atom stereocenters. The van der Waals surface area contributed by atoms with Crippen LogP contribution in [-0.2, 0) is 4.79 Å². The third-order valence-electron chi connectivity index (χ3n) is 6.72. The summed E-state index contributed by atoms with van der Waals surface area (Å²) >= 11 is 3.22. The molecule has 0 saturated carbocycles. The number of hydrogen-bond donors (Lipinski definition) is 4. The number of carbonyl (C=O) groups is 2. The zero-order valence-electron chi connectivity index (χ0n) is 23.7. The number of hydrogen-bond acceptors (Lipinski definition) is 6. The van der Waals surface area contributed by atoms with Gasteiger partial charge in [-0.05, 0) is 62.8 Å². The fourth-order valence-corrected chi connectivity index (χ4v) is 4.77. The molecule has 39 heavy (non-hydrogen) atoms. The van der Waals surface area contributed by atoms with Gasteiger partial charge in [-0.1, -0.05) is 60.0 Å². The Hall–Kier alpha value is -2.66. The van der Waals surface area contributed by atoms with Gasteiger partial charge in [0.25, 0.3) is 0 Å². The van der Waals surface area contributed by atoms with Gasteiger partial charge in [0, 0.05) is 32.4 Å². The SMILES string of the molecule is [CH2]c1ccc(NC[C@H](CCCNC(N)=O)n2cc([C@@H](NCCCCCCN(C)C(=O)CBr)C(C)C)nn2)cc1. The second-order valence-electron chi connectivity index (χ2n) is 10.3. The first-order valence-corrected chi connectivity index (χ1v) is 15.0. The maximum atomic E-state index is 11.6. The van der Waals surface area contributed by atoms with E-state index in [1.54, 1.807) is 4.90 Å². The number of unbranched alkanes of at least 4 members (excludes halogenated alkanes) is 3. The maximum absolute atomic E-state index is 11.6. The summed E-state index contributed by atoms with van der Waals surface area (Å²) in [5.41, 5.74) is 8.14. The fourth-order valence-electron chi connectivity index (χ4n) is 4.34. The number of amides is 3. The molecule has 0 aliphatic heterocycles. The van der Waals surface area contributed by atoms with Crippen LogP contribution in [0, 0.1) is 12.8 Å². The molecule has 0 saturated heterocycles. The molecule has 0 unspecified atom stereocenters. The summed E-state index contributed by atoms with van der Waals surface area (Å²) in [4.78, 5) is 24.5. The first-order chi connectivity index (χ1) is 18.7. The molecule has 0 fully saturated rings. The van der Waals surface area contributed by atoms with Crippen molar-refractivity contribution < 1.29 is 9.59 Å². The minimum absolute atomic E-state index is 0.0581. The molecule has 11 heteroatoms. The molecule has 0 bridgehead atoms. The Kier molecular flexibility index (Phi) is 14.9. The van der Waals surface area contributed by atoms with Crippen LogP contribution in [-0.4, -0.2) is 70.4 Å². The molecule has 2 rings (SSSR count). The van der Waals surface area contributed by atoms with Gasteiger partial charge in [0.2, 0.25) is 5.91 Å². The van der Waals surface area contributed by atoms with Crippen LogP contribution in [0.1, 0.15) is 75.7 Å². The zero-order chi connectivity index (χ0) is 28.6. The van der Waals surface area contributed by atoms with Crippen molar-refractivity contribution in [1.82, 2.24) is 30.5 Å². The number of aromatic nitrogens is 3. The van der Waals surface area contributed by atoms with Gasteiger partial charge in [-0.2, -0.15) is 0 Å². The highest BCUT2D eigenvalue weighted by molar-refractivity contribution is 9.09. The lowest BCUT2D eigenvalue weighted by Crippen LogP contribution is -2.30. The number of halogens is 1. The van der Waals surface area contributed by atoms with E-state index in [2.05, 4.69) is 63.0 Å². The van der Waals surface area contributed by atoms with Crippen LogP contribution in [0.25, 0.3) is 0 Å². The molecule has 0 aliphatic carbocycles. The van der Waals surface area contributed by atoms with E-state index in [1.807, 2.05) is 42.2 Å². The van der Waals surface area contributed by atoms with Crippen LogP contribution >= 0.6 is 15.9 Å². The summed E-state index contributed by atoms with van der Waals surface area (Å²) in [5, 5.41) is 19.2. The molecule has 5 N–H and O–H groups in total. The van der Waals surface area contributed by atoms with Crippen LogP contribution in [0.5, 0.6) is 0 Å². The van der Waals surface area contributed by atoms with E-state index in [9.17, 15) is 9.59 Å². The van der Waals surface area contributed by atoms with Crippen LogP contribution < -0.4 is 21.7 Å². The third kappa shape index (κ3) is 12.4. The van der Waals surface area contributed by atoms with Gasteiger partial charge in [-0.25, -0.2) is 9.48 Å². The number of nitrogens with two attached hydrogens (primary N) is 1. The third-order valence-corrected chi connectivity index (χ3v) is 7.20. The number of benzene rings is 1. The number of carbonyl (C=O) groups excluding carboxylic acids is 2. The summed E-state index contributed by atoms with van der Waals surface area (Å²) in [7, 11) is 1.85. The van der Waals surface area contributed by atoms with Crippen molar-refractivity contribution in [3.8, 4) is 0 Å². The molecule has 3 amide bonds. The predicted octanol–water partition coefficient (Wildman–Crippen LogP) is 4.26. The molecular formula is C28H46BrN8O2. The summed E-state index contributed by atoms with van der Waals surface area (Å²) < 4.78 is 1.93. The standard InChI is InChI=1S/C28H46BrN8O2/c1-21(2)27(31-15-7-5-6-8-17-36(4)26(38)18-29)25-20-37(35-34-25)24(10-9-16-32-28(30)39)19-33-23-13-11-22(3)12-14-23/h11-14,20-21,24,27,31,33H,3,5-10,15-19H2,1-2,4H3,(H3,30,32,39)/t24-,27-/m0/s1. The van der Waals surface area contributed by atoms with Crippen molar-refractivity contribution >= 4 is 33.6 Å². The number of alkyl halides is 1. The number of primary amides is 1. The molecular weight excluding hydrogens is 560 g/mol. The van der Waals surface area contributed by atoms with Crippen molar-refractivity contribution in [2.75, 3.05) is 43.9 Å². The molecule has 2 aromatic rings. The lowest BCUT2D eigenvalue weighted by atomic mass is 10.0. The quantitative estimate of drug-likeness (QED) is 0.140. The van der Waals surface area contributed by atoms with Gasteiger partial charge in [0.15, 0.2) is 0 Å². The maximum Gasteiger partial charge on any atom is 0.312 e.